The van der Waals surface area contributed by atoms with Gasteiger partial charge in [-0.25, -0.2) is 4.39 Å². The van der Waals surface area contributed by atoms with Gasteiger partial charge in [0.15, 0.2) is 0 Å². The molecule has 0 spiro atoms. The summed E-state index contributed by atoms with van der Waals surface area (Å²) in [6.07, 6.45) is 8.37. The number of aryl methyl sites for hydroxylation is 1. The number of carbonyl (C=O) groups is 1. The second-order valence-electron chi connectivity index (χ2n) is 5.04. The molecule has 2 aromatic rings. The van der Waals surface area contributed by atoms with Crippen LogP contribution in [0.15, 0.2) is 48.9 Å². The number of allylic oxidation sites excluding steroid dienone is 1. The lowest BCUT2D eigenvalue weighted by Gasteiger charge is -2.06. The van der Waals surface area contributed by atoms with Crippen molar-refractivity contribution in [1.29, 1.82) is 5.41 Å². The Morgan fingerprint density at radius 1 is 1.38 bits per heavy atom. The molecule has 1 heterocycles. The van der Waals surface area contributed by atoms with Gasteiger partial charge in [-0.05, 0) is 42.3 Å². The van der Waals surface area contributed by atoms with E-state index in [2.05, 4.69) is 10.3 Å². The molecule has 24 heavy (non-hydrogen) atoms. The summed E-state index contributed by atoms with van der Waals surface area (Å²) in [7, 11) is 0. The molecular weight excluding hydrogens is 307 g/mol. The van der Waals surface area contributed by atoms with Gasteiger partial charge in [-0.2, -0.15) is 0 Å². The highest BCUT2D eigenvalue weighted by Crippen LogP contribution is 2.18. The molecule has 0 unspecified atom stereocenters. The predicted molar refractivity (Wildman–Crippen MR) is 94.0 cm³/mol. The zero-order valence-corrected chi connectivity index (χ0v) is 13.1. The molecule has 0 radical (unpaired) electrons. The summed E-state index contributed by atoms with van der Waals surface area (Å²) in [5, 5.41) is 9.84. The molecule has 0 saturated heterocycles. The minimum atomic E-state index is -0.490. The van der Waals surface area contributed by atoms with Crippen LogP contribution in [0.25, 0.3) is 11.6 Å². The topological polar surface area (TPSA) is 91.9 Å². The molecule has 5 nitrogen and oxygen atoms in total. The Hall–Kier alpha value is -3.28. The van der Waals surface area contributed by atoms with Crippen molar-refractivity contribution in [1.82, 2.24) is 4.98 Å². The molecule has 122 valence electrons. The Kier molecular flexibility index (Phi) is 5.57. The van der Waals surface area contributed by atoms with E-state index in [1.807, 2.05) is 0 Å². The molecule has 1 aromatic carbocycles. The summed E-state index contributed by atoms with van der Waals surface area (Å²) in [6.45, 7) is 1.77. The summed E-state index contributed by atoms with van der Waals surface area (Å²) >= 11 is 0. The number of pyridine rings is 1. The van der Waals surface area contributed by atoms with Crippen LogP contribution in [0.3, 0.4) is 0 Å². The Bertz CT molecular complexity index is 828. The van der Waals surface area contributed by atoms with Crippen molar-refractivity contribution in [3.63, 3.8) is 0 Å². The third-order valence-electron chi connectivity index (χ3n) is 3.29. The number of hydrogen-bond donors (Lipinski definition) is 3. The number of nitrogens with zero attached hydrogens (tertiary/aromatic N) is 1. The number of aromatic nitrogens is 1. The van der Waals surface area contributed by atoms with Crippen LogP contribution < -0.4 is 11.1 Å². The van der Waals surface area contributed by atoms with Gasteiger partial charge in [0.2, 0.25) is 5.91 Å². The van der Waals surface area contributed by atoms with Gasteiger partial charge >= 0.3 is 0 Å². The van der Waals surface area contributed by atoms with Crippen LogP contribution in [-0.4, -0.2) is 17.1 Å². The van der Waals surface area contributed by atoms with Crippen LogP contribution >= 0.6 is 0 Å². The predicted octanol–water partition coefficient (Wildman–Crippen LogP) is 3.13. The third-order valence-corrected chi connectivity index (χ3v) is 3.29. The van der Waals surface area contributed by atoms with Crippen LogP contribution in [0.2, 0.25) is 0 Å². The molecule has 2 rings (SSSR count). The maximum absolute atomic E-state index is 13.7. The summed E-state index contributed by atoms with van der Waals surface area (Å²) in [6, 6.07) is 6.27. The fourth-order valence-electron chi connectivity index (χ4n) is 2.08. The molecule has 1 aromatic heterocycles. The van der Waals surface area contributed by atoms with E-state index < -0.39 is 11.7 Å². The van der Waals surface area contributed by atoms with Gasteiger partial charge in [-0.3, -0.25) is 9.78 Å². The van der Waals surface area contributed by atoms with E-state index in [-0.39, 0.29) is 5.69 Å². The van der Waals surface area contributed by atoms with Crippen molar-refractivity contribution < 1.29 is 9.18 Å². The van der Waals surface area contributed by atoms with Crippen molar-refractivity contribution in [2.45, 2.75) is 6.92 Å². The first-order valence-corrected chi connectivity index (χ1v) is 7.17. The van der Waals surface area contributed by atoms with Gasteiger partial charge in [0.1, 0.15) is 5.82 Å². The first-order chi connectivity index (χ1) is 11.5. The fraction of sp³-hybridized carbons (Fsp3) is 0.0556. The van der Waals surface area contributed by atoms with E-state index in [0.29, 0.717) is 16.7 Å². The molecule has 4 N–H and O–H groups in total. The lowest BCUT2D eigenvalue weighted by Crippen LogP contribution is -2.09. The smallest absolute Gasteiger partial charge is 0.248 e. The minimum absolute atomic E-state index is 0.115. The molecule has 0 atom stereocenters. The Balaban J connectivity index is 2.19. The van der Waals surface area contributed by atoms with Crippen LogP contribution in [0, 0.1) is 18.2 Å². The van der Waals surface area contributed by atoms with Gasteiger partial charge in [-0.1, -0.05) is 6.07 Å². The monoisotopic (exact) mass is 324 g/mol. The Labute approximate surface area is 139 Å². The largest absolute Gasteiger partial charge is 0.404 e. The molecule has 1 amide bonds. The number of nitrogens with two attached hydrogens (primary N) is 1. The number of hydrogen-bond acceptors (Lipinski definition) is 4. The molecule has 0 aliphatic carbocycles. The average Bonchev–Trinajstić information content (AvgIpc) is 2.57. The number of anilines is 1. The van der Waals surface area contributed by atoms with Crippen molar-refractivity contribution >= 4 is 29.5 Å². The minimum Gasteiger partial charge on any atom is -0.404 e. The van der Waals surface area contributed by atoms with E-state index in [9.17, 15) is 9.18 Å². The van der Waals surface area contributed by atoms with Gasteiger partial charge in [0.05, 0.1) is 5.69 Å². The van der Waals surface area contributed by atoms with Gasteiger partial charge < -0.3 is 16.5 Å². The third kappa shape index (κ3) is 4.13. The number of amides is 1. The highest BCUT2D eigenvalue weighted by atomic mass is 19.1. The van der Waals surface area contributed by atoms with Crippen molar-refractivity contribution in [3.05, 3.63) is 71.4 Å². The first-order valence-electron chi connectivity index (χ1n) is 7.17. The number of nitrogens with one attached hydrogen (secondary N) is 2. The number of rotatable bonds is 5. The molecule has 0 fully saturated rings. The molecule has 0 bridgehead atoms. The van der Waals surface area contributed by atoms with E-state index >= 15 is 0 Å². The van der Waals surface area contributed by atoms with Gasteiger partial charge in [0.25, 0.3) is 0 Å². The lowest BCUT2D eigenvalue weighted by molar-refractivity contribution is -0.111. The second-order valence-corrected chi connectivity index (χ2v) is 5.04. The van der Waals surface area contributed by atoms with Crippen LogP contribution in [-0.2, 0) is 4.79 Å². The van der Waals surface area contributed by atoms with E-state index in [1.54, 1.807) is 31.5 Å². The molecule has 0 saturated carbocycles. The zero-order valence-electron chi connectivity index (χ0n) is 13.1. The molecule has 0 aliphatic rings. The lowest BCUT2D eigenvalue weighted by atomic mass is 10.0. The van der Waals surface area contributed by atoms with Crippen molar-refractivity contribution in [2.75, 3.05) is 5.32 Å². The fourth-order valence-corrected chi connectivity index (χ4v) is 2.08. The maximum Gasteiger partial charge on any atom is 0.248 e. The van der Waals surface area contributed by atoms with E-state index in [4.69, 9.17) is 11.1 Å². The normalized spacial score (nSPS) is 11.5. The summed E-state index contributed by atoms with van der Waals surface area (Å²) in [5.41, 5.74) is 8.18. The van der Waals surface area contributed by atoms with Crippen molar-refractivity contribution in [3.8, 4) is 0 Å². The van der Waals surface area contributed by atoms with Gasteiger partial charge in [0, 0.05) is 42.0 Å². The summed E-state index contributed by atoms with van der Waals surface area (Å²) in [4.78, 5) is 16.0. The van der Waals surface area contributed by atoms with Crippen LogP contribution in [0.1, 0.15) is 16.7 Å². The highest BCUT2D eigenvalue weighted by molar-refractivity contribution is 6.10. The number of benzene rings is 1. The SMILES string of the molecule is Cc1ccc(NC(=O)/C=C/c2cnccc2/C(C=N)=C/N)c(F)c1. The summed E-state index contributed by atoms with van der Waals surface area (Å²) < 4.78 is 13.7. The number of carbonyl (C=O) groups excluding carboxylic acids is 1. The van der Waals surface area contributed by atoms with E-state index in [0.717, 1.165) is 11.8 Å². The van der Waals surface area contributed by atoms with E-state index in [1.165, 1.54) is 30.5 Å². The maximum atomic E-state index is 13.7. The first kappa shape index (κ1) is 17.1. The van der Waals surface area contributed by atoms with Crippen LogP contribution in [0.5, 0.6) is 0 Å². The Morgan fingerprint density at radius 2 is 2.17 bits per heavy atom. The number of halogens is 1. The average molecular weight is 324 g/mol. The molecule has 0 aliphatic heterocycles. The van der Waals surface area contributed by atoms with Crippen molar-refractivity contribution in [2.24, 2.45) is 5.73 Å². The Morgan fingerprint density at radius 3 is 2.83 bits per heavy atom. The van der Waals surface area contributed by atoms with Crippen LogP contribution in [0.4, 0.5) is 10.1 Å². The molecular formula is C18H17FN4O. The summed E-state index contributed by atoms with van der Waals surface area (Å²) in [5.74, 6) is -0.961. The second kappa shape index (κ2) is 7.82. The highest BCUT2D eigenvalue weighted by Gasteiger charge is 2.06. The zero-order chi connectivity index (χ0) is 17.5. The standard InChI is InChI=1S/C18H17FN4O/c1-12-2-4-17(16(19)8-12)23-18(24)5-3-13-11-22-7-6-15(13)14(9-20)10-21/h2-11,20H,21H2,1H3,(H,23,24)/b5-3+,14-10+,20-9?. The van der Waals surface area contributed by atoms with Gasteiger partial charge in [-0.15, -0.1) is 0 Å². The molecule has 6 heteroatoms. The quantitative estimate of drug-likeness (QED) is 0.583.